The zero-order valence-corrected chi connectivity index (χ0v) is 20.5. The van der Waals surface area contributed by atoms with Crippen molar-refractivity contribution in [3.63, 3.8) is 0 Å². The van der Waals surface area contributed by atoms with Crippen LogP contribution in [-0.4, -0.2) is 70.3 Å². The Morgan fingerprint density at radius 2 is 1.91 bits per heavy atom. The van der Waals surface area contributed by atoms with Crippen molar-refractivity contribution in [3.8, 4) is 17.3 Å². The third-order valence-electron chi connectivity index (χ3n) is 4.91. The van der Waals surface area contributed by atoms with Gasteiger partial charge in [0.2, 0.25) is 5.44 Å². The van der Waals surface area contributed by atoms with E-state index in [-0.39, 0.29) is 44.9 Å². The van der Waals surface area contributed by atoms with Crippen LogP contribution in [0.1, 0.15) is 12.6 Å². The van der Waals surface area contributed by atoms with Gasteiger partial charge in [-0.2, -0.15) is 13.2 Å². The number of alkyl halides is 3. The highest BCUT2D eigenvalue weighted by atomic mass is 32.2. The van der Waals surface area contributed by atoms with E-state index in [9.17, 15) is 26.4 Å². The van der Waals surface area contributed by atoms with Crippen molar-refractivity contribution in [3.05, 3.63) is 30.2 Å². The van der Waals surface area contributed by atoms with Crippen LogP contribution in [0.2, 0.25) is 0 Å². The molecule has 3 heterocycles. The number of sulfone groups is 1. The van der Waals surface area contributed by atoms with Gasteiger partial charge in [0.15, 0.2) is 15.7 Å². The minimum absolute atomic E-state index is 0.0131. The molecule has 0 aliphatic rings. The third-order valence-corrected chi connectivity index (χ3v) is 7.38. The quantitative estimate of drug-likeness (QED) is 0.441. The fraction of sp³-hybridized carbons (Fsp3) is 0.400. The average Bonchev–Trinajstić information content (AvgIpc) is 3.12. The second-order valence-corrected chi connectivity index (χ2v) is 10.5. The summed E-state index contributed by atoms with van der Waals surface area (Å²) in [7, 11) is 0.791. The summed E-state index contributed by atoms with van der Waals surface area (Å²) in [5.74, 6) is -0.511. The van der Waals surface area contributed by atoms with Gasteiger partial charge >= 0.3 is 6.18 Å². The Hall–Kier alpha value is -2.87. The molecule has 3 aromatic rings. The fourth-order valence-electron chi connectivity index (χ4n) is 3.04. The Morgan fingerprint density at radius 1 is 1.24 bits per heavy atom. The van der Waals surface area contributed by atoms with Gasteiger partial charge < -0.3 is 14.2 Å². The summed E-state index contributed by atoms with van der Waals surface area (Å²) in [6, 6.07) is 2.03. The van der Waals surface area contributed by atoms with Crippen LogP contribution in [0.3, 0.4) is 0 Å². The molecule has 0 aliphatic carbocycles. The van der Waals surface area contributed by atoms with E-state index in [1.807, 2.05) is 0 Å². The van der Waals surface area contributed by atoms with E-state index in [4.69, 9.17) is 4.74 Å². The van der Waals surface area contributed by atoms with Crippen LogP contribution in [0.5, 0.6) is 5.75 Å². The molecule has 0 spiro atoms. The summed E-state index contributed by atoms with van der Waals surface area (Å²) in [4.78, 5) is 25.3. The monoisotopic (exact) mass is 517 g/mol. The van der Waals surface area contributed by atoms with E-state index >= 15 is 0 Å². The molecule has 0 aliphatic heterocycles. The summed E-state index contributed by atoms with van der Waals surface area (Å²) in [5, 5.41) is 0. The first-order valence-electron chi connectivity index (χ1n) is 9.83. The van der Waals surface area contributed by atoms with Crippen molar-refractivity contribution in [2.24, 2.45) is 7.05 Å². The second-order valence-electron chi connectivity index (χ2n) is 7.39. The van der Waals surface area contributed by atoms with E-state index in [1.165, 1.54) is 35.7 Å². The molecule has 0 saturated carbocycles. The molecule has 34 heavy (non-hydrogen) atoms. The zero-order chi connectivity index (χ0) is 25.4. The molecule has 0 bridgehead atoms. The smallest absolute Gasteiger partial charge is 0.433 e. The molecule has 9 nitrogen and oxygen atoms in total. The maximum atomic E-state index is 13.1. The van der Waals surface area contributed by atoms with Crippen LogP contribution in [0.25, 0.3) is 22.6 Å². The summed E-state index contributed by atoms with van der Waals surface area (Å²) >= 11 is 1.12. The molecule has 0 N–H and O–H groups in total. The second kappa shape index (κ2) is 9.41. The first-order chi connectivity index (χ1) is 15.8. The number of ether oxygens (including phenoxy) is 1. The molecule has 3 aromatic heterocycles. The van der Waals surface area contributed by atoms with Gasteiger partial charge in [-0.25, -0.2) is 23.4 Å². The first-order valence-corrected chi connectivity index (χ1v) is 12.8. The van der Waals surface area contributed by atoms with Crippen LogP contribution >= 0.6 is 11.8 Å². The summed E-state index contributed by atoms with van der Waals surface area (Å²) in [6.45, 7) is 1.45. The maximum Gasteiger partial charge on any atom is 0.433 e. The van der Waals surface area contributed by atoms with Gasteiger partial charge in [-0.05, 0) is 12.3 Å². The lowest BCUT2D eigenvalue weighted by molar-refractivity contribution is -0.141. The molecule has 14 heteroatoms. The summed E-state index contributed by atoms with van der Waals surface area (Å²) in [6.07, 6.45) is -0.719. The van der Waals surface area contributed by atoms with Gasteiger partial charge in [0.25, 0.3) is 5.91 Å². The SMILES string of the molecule is CCS(=O)(=O)c1cc(OC(SC)C(=O)N(C)C)cnc1-c1nc2cc(C(F)(F)F)ncc2n1C. The van der Waals surface area contributed by atoms with E-state index in [2.05, 4.69) is 15.0 Å². The predicted molar refractivity (Wildman–Crippen MR) is 121 cm³/mol. The minimum Gasteiger partial charge on any atom is -0.468 e. The van der Waals surface area contributed by atoms with Crippen LogP contribution in [0.4, 0.5) is 13.2 Å². The van der Waals surface area contributed by atoms with Gasteiger partial charge in [-0.3, -0.25) is 4.79 Å². The van der Waals surface area contributed by atoms with Gasteiger partial charge in [-0.1, -0.05) is 6.92 Å². The lowest BCUT2D eigenvalue weighted by Gasteiger charge is -2.20. The van der Waals surface area contributed by atoms with Crippen LogP contribution < -0.4 is 4.74 Å². The summed E-state index contributed by atoms with van der Waals surface area (Å²) in [5.41, 5.74) is -1.84. The summed E-state index contributed by atoms with van der Waals surface area (Å²) < 4.78 is 72.1. The Morgan fingerprint density at radius 3 is 2.47 bits per heavy atom. The van der Waals surface area contributed by atoms with E-state index in [1.54, 1.807) is 20.4 Å². The molecule has 3 rings (SSSR count). The molecule has 1 atom stereocenters. The Kier molecular flexibility index (Phi) is 7.12. The fourth-order valence-corrected chi connectivity index (χ4v) is 4.71. The molecule has 0 fully saturated rings. The van der Waals surface area contributed by atoms with Gasteiger partial charge in [-0.15, -0.1) is 11.8 Å². The third kappa shape index (κ3) is 4.97. The van der Waals surface area contributed by atoms with E-state index < -0.39 is 27.1 Å². The van der Waals surface area contributed by atoms with Crippen molar-refractivity contribution in [1.29, 1.82) is 0 Å². The largest absolute Gasteiger partial charge is 0.468 e. The highest BCUT2D eigenvalue weighted by molar-refractivity contribution is 7.99. The maximum absolute atomic E-state index is 13.1. The van der Waals surface area contributed by atoms with Crippen LogP contribution in [0.15, 0.2) is 29.4 Å². The lowest BCUT2D eigenvalue weighted by atomic mass is 10.3. The van der Waals surface area contributed by atoms with Crippen LogP contribution in [0, 0.1) is 0 Å². The average molecular weight is 518 g/mol. The normalized spacial score (nSPS) is 13.2. The number of hydrogen-bond donors (Lipinski definition) is 0. The number of carbonyl (C=O) groups excluding carboxylic acids is 1. The number of carbonyl (C=O) groups is 1. The highest BCUT2D eigenvalue weighted by Crippen LogP contribution is 2.33. The molecule has 0 aromatic carbocycles. The molecule has 1 unspecified atom stereocenters. The van der Waals surface area contributed by atoms with Crippen molar-refractivity contribution in [2.45, 2.75) is 23.4 Å². The predicted octanol–water partition coefficient (Wildman–Crippen LogP) is 3.00. The number of amides is 1. The van der Waals surface area contributed by atoms with Gasteiger partial charge in [0, 0.05) is 27.2 Å². The van der Waals surface area contributed by atoms with Gasteiger partial charge in [0.05, 0.1) is 29.2 Å². The highest BCUT2D eigenvalue weighted by Gasteiger charge is 2.33. The number of nitrogens with zero attached hydrogens (tertiary/aromatic N) is 5. The van der Waals surface area contributed by atoms with Crippen molar-refractivity contribution < 1.29 is 31.1 Å². The first kappa shape index (κ1) is 25.7. The molecular formula is C20H22F3N5O4S2. The number of hydrogen-bond acceptors (Lipinski definition) is 8. The van der Waals surface area contributed by atoms with Crippen molar-refractivity contribution >= 4 is 38.5 Å². The van der Waals surface area contributed by atoms with Crippen LogP contribution in [-0.2, 0) is 27.9 Å². The Balaban J connectivity index is 2.16. The number of thioether (sulfide) groups is 1. The number of rotatable bonds is 7. The molecule has 1 amide bonds. The molecule has 0 radical (unpaired) electrons. The minimum atomic E-state index is -4.66. The molecule has 184 valence electrons. The number of fused-ring (bicyclic) bond motifs is 1. The zero-order valence-electron chi connectivity index (χ0n) is 18.9. The van der Waals surface area contributed by atoms with Gasteiger partial charge in [0.1, 0.15) is 22.0 Å². The standard InChI is InChI=1S/C20H22F3N5O4S2/c1-6-34(30,31)14-7-11(32-19(33-5)18(29)27(2)3)9-25-16(14)17-26-12-8-15(20(21,22)23)24-10-13(12)28(17)4/h7-10,19H,6H2,1-5H3. The van der Waals surface area contributed by atoms with Crippen molar-refractivity contribution in [1.82, 2.24) is 24.4 Å². The number of likely N-dealkylation sites (N-methyl/N-ethyl adjacent to an activating group) is 1. The molecular weight excluding hydrogens is 495 g/mol. The Labute approximate surface area is 198 Å². The topological polar surface area (TPSA) is 107 Å². The number of pyridine rings is 2. The van der Waals surface area contributed by atoms with E-state index in [0.29, 0.717) is 0 Å². The number of aromatic nitrogens is 4. The van der Waals surface area contributed by atoms with Crippen molar-refractivity contribution in [2.75, 3.05) is 26.1 Å². The van der Waals surface area contributed by atoms with E-state index in [0.717, 1.165) is 24.0 Å². The number of halogens is 3. The Bertz CT molecular complexity index is 1340. The number of aryl methyl sites for hydroxylation is 1. The number of imidazole rings is 1. The lowest BCUT2D eigenvalue weighted by Crippen LogP contribution is -2.35. The molecule has 0 saturated heterocycles.